The fourth-order valence-corrected chi connectivity index (χ4v) is 7.61. The Balaban J connectivity index is 1.51. The Morgan fingerprint density at radius 1 is 0.951 bits per heavy atom. The van der Waals surface area contributed by atoms with E-state index in [4.69, 9.17) is 4.74 Å². The van der Waals surface area contributed by atoms with Gasteiger partial charge in [-0.05, 0) is 58.8 Å². The molecule has 4 aromatic rings. The van der Waals surface area contributed by atoms with Crippen molar-refractivity contribution in [1.82, 2.24) is 4.90 Å². The largest absolute Gasteiger partial charge is 0.493 e. The van der Waals surface area contributed by atoms with Gasteiger partial charge in [-0.3, -0.25) is 14.4 Å². The normalized spacial score (nSPS) is 23.6. The molecule has 3 aromatic carbocycles. The lowest BCUT2D eigenvalue weighted by Crippen LogP contribution is -2.49. The number of benzene rings is 3. The summed E-state index contributed by atoms with van der Waals surface area (Å²) >= 11 is 1.33. The summed E-state index contributed by atoms with van der Waals surface area (Å²) < 4.78 is 6.00. The summed E-state index contributed by atoms with van der Waals surface area (Å²) in [7, 11) is 0. The van der Waals surface area contributed by atoms with Gasteiger partial charge in [-0.2, -0.15) is 0 Å². The van der Waals surface area contributed by atoms with E-state index >= 15 is 0 Å². The van der Waals surface area contributed by atoms with Gasteiger partial charge < -0.3 is 15.0 Å². The first-order chi connectivity index (χ1) is 20.1. The van der Waals surface area contributed by atoms with E-state index in [0.29, 0.717) is 28.5 Å². The molecule has 4 heterocycles. The predicted octanol–water partition coefficient (Wildman–Crippen LogP) is 6.52. The standard InChI is InChI=1S/C34H28N2O4S/c1-2-19-40-26-15-8-5-12-23(26)30(37)29-28(31(38)27-16-9-20-41-27)34(24-13-6-7-14-25(24)35-33(34)39)32-22-11-4-3-10-21(22)17-18-36(29)32/h3-18,20,28-29,32H,2,19H2,1H3,(H,35,39)/t28-,29-,32+,34-/m0/s1. The molecule has 41 heavy (non-hydrogen) atoms. The fourth-order valence-electron chi connectivity index (χ4n) is 6.91. The van der Waals surface area contributed by atoms with Crippen molar-refractivity contribution in [3.63, 3.8) is 0 Å². The third-order valence-electron chi connectivity index (χ3n) is 8.50. The van der Waals surface area contributed by atoms with Gasteiger partial charge >= 0.3 is 0 Å². The van der Waals surface area contributed by atoms with E-state index in [9.17, 15) is 14.4 Å². The maximum atomic E-state index is 14.8. The van der Waals surface area contributed by atoms with Gasteiger partial charge in [-0.25, -0.2) is 0 Å². The number of hydrogen-bond acceptors (Lipinski definition) is 6. The van der Waals surface area contributed by atoms with Gasteiger partial charge in [0.2, 0.25) is 5.91 Å². The van der Waals surface area contributed by atoms with E-state index in [2.05, 4.69) is 5.32 Å². The molecule has 1 fully saturated rings. The summed E-state index contributed by atoms with van der Waals surface area (Å²) in [6.45, 7) is 2.48. The summed E-state index contributed by atoms with van der Waals surface area (Å²) in [6, 6.07) is 24.8. The zero-order chi connectivity index (χ0) is 28.1. The second kappa shape index (κ2) is 9.85. The maximum Gasteiger partial charge on any atom is 0.238 e. The monoisotopic (exact) mass is 560 g/mol. The van der Waals surface area contributed by atoms with Crippen LogP contribution in [0.2, 0.25) is 0 Å². The number of Topliss-reactive ketones (excluding diaryl/α,β-unsaturated/α-hetero) is 2. The van der Waals surface area contributed by atoms with Crippen LogP contribution in [0.1, 0.15) is 56.1 Å². The third-order valence-corrected chi connectivity index (χ3v) is 9.38. The molecule has 6 nitrogen and oxygen atoms in total. The summed E-state index contributed by atoms with van der Waals surface area (Å²) in [6.07, 6.45) is 4.65. The van der Waals surface area contributed by atoms with Crippen LogP contribution in [-0.4, -0.2) is 35.0 Å². The zero-order valence-corrected chi connectivity index (χ0v) is 23.3. The Labute approximate surface area is 242 Å². The second-order valence-electron chi connectivity index (χ2n) is 10.6. The van der Waals surface area contributed by atoms with Gasteiger partial charge in [-0.15, -0.1) is 11.3 Å². The topological polar surface area (TPSA) is 75.7 Å². The van der Waals surface area contributed by atoms with Crippen molar-refractivity contribution in [3.8, 4) is 5.75 Å². The molecule has 0 unspecified atom stereocenters. The lowest BCUT2D eigenvalue weighted by atomic mass is 9.63. The first-order valence-corrected chi connectivity index (χ1v) is 14.7. The minimum absolute atomic E-state index is 0.211. The van der Waals surface area contributed by atoms with Crippen molar-refractivity contribution in [2.45, 2.75) is 30.8 Å². The molecule has 0 aliphatic carbocycles. The van der Waals surface area contributed by atoms with Crippen molar-refractivity contribution in [2.75, 3.05) is 11.9 Å². The average Bonchev–Trinajstić information content (AvgIpc) is 3.72. The predicted molar refractivity (Wildman–Crippen MR) is 159 cm³/mol. The smallest absolute Gasteiger partial charge is 0.238 e. The number of rotatable bonds is 7. The Morgan fingerprint density at radius 2 is 1.73 bits per heavy atom. The lowest BCUT2D eigenvalue weighted by molar-refractivity contribution is -0.122. The molecule has 1 spiro atoms. The first kappa shape index (κ1) is 25.5. The van der Waals surface area contributed by atoms with Crippen LogP contribution in [0.4, 0.5) is 5.69 Å². The van der Waals surface area contributed by atoms with E-state index in [1.807, 2.05) is 96.2 Å². The van der Waals surface area contributed by atoms with Crippen LogP contribution in [-0.2, 0) is 10.2 Å². The highest BCUT2D eigenvalue weighted by molar-refractivity contribution is 7.12. The minimum Gasteiger partial charge on any atom is -0.493 e. The van der Waals surface area contributed by atoms with Crippen LogP contribution >= 0.6 is 11.3 Å². The summed E-state index contributed by atoms with van der Waals surface area (Å²) in [5.74, 6) is -1.22. The fraction of sp³-hybridized carbons (Fsp3) is 0.206. The quantitative estimate of drug-likeness (QED) is 0.261. The van der Waals surface area contributed by atoms with E-state index < -0.39 is 23.4 Å². The summed E-state index contributed by atoms with van der Waals surface area (Å²) in [5.41, 5.74) is 2.37. The number of para-hydroxylation sites is 2. The SMILES string of the molecule is CCCOc1ccccc1C(=O)[C@@H]1[C@@H](C(=O)c2cccs2)[C@]2(C(=O)Nc3ccccc32)[C@H]2c3ccccc3C=CN12. The number of carbonyl (C=O) groups is 3. The molecule has 1 aromatic heterocycles. The highest BCUT2D eigenvalue weighted by atomic mass is 32.1. The number of ether oxygens (including phenoxy) is 1. The van der Waals surface area contributed by atoms with Gasteiger partial charge in [0.05, 0.1) is 29.0 Å². The van der Waals surface area contributed by atoms with E-state index in [-0.39, 0.29) is 17.5 Å². The number of hydrogen-bond donors (Lipinski definition) is 1. The number of fused-ring (bicyclic) bond motifs is 6. The molecular formula is C34H28N2O4S. The molecule has 0 radical (unpaired) electrons. The second-order valence-corrected chi connectivity index (χ2v) is 11.6. The molecule has 4 atom stereocenters. The summed E-state index contributed by atoms with van der Waals surface area (Å²) in [5, 5.41) is 4.94. The van der Waals surface area contributed by atoms with Crippen LogP contribution < -0.4 is 10.1 Å². The number of carbonyl (C=O) groups excluding carboxylic acids is 3. The van der Waals surface area contributed by atoms with Crippen LogP contribution in [0, 0.1) is 5.92 Å². The van der Waals surface area contributed by atoms with Crippen LogP contribution in [0.15, 0.2) is 96.5 Å². The van der Waals surface area contributed by atoms with Gasteiger partial charge in [-0.1, -0.05) is 67.6 Å². The zero-order valence-electron chi connectivity index (χ0n) is 22.4. The lowest BCUT2D eigenvalue weighted by Gasteiger charge is -2.38. The Kier molecular flexibility index (Phi) is 6.12. The van der Waals surface area contributed by atoms with Gasteiger partial charge in [0.1, 0.15) is 17.2 Å². The number of anilines is 1. The molecule has 0 saturated carbocycles. The van der Waals surface area contributed by atoms with Crippen molar-refractivity contribution >= 4 is 40.6 Å². The number of nitrogens with one attached hydrogen (secondary N) is 1. The Bertz CT molecular complexity index is 1710. The first-order valence-electron chi connectivity index (χ1n) is 13.9. The van der Waals surface area contributed by atoms with Crippen molar-refractivity contribution in [3.05, 3.63) is 124 Å². The number of ketones is 2. The third kappa shape index (κ3) is 3.65. The molecule has 3 aliphatic heterocycles. The van der Waals surface area contributed by atoms with E-state index in [0.717, 1.165) is 23.1 Å². The van der Waals surface area contributed by atoms with Crippen molar-refractivity contribution in [2.24, 2.45) is 5.92 Å². The highest BCUT2D eigenvalue weighted by Gasteiger charge is 2.71. The molecule has 1 saturated heterocycles. The molecule has 1 amide bonds. The Morgan fingerprint density at radius 3 is 2.56 bits per heavy atom. The van der Waals surface area contributed by atoms with E-state index in [1.54, 1.807) is 18.2 Å². The average molecular weight is 561 g/mol. The molecule has 0 bridgehead atoms. The number of amides is 1. The van der Waals surface area contributed by atoms with Crippen molar-refractivity contribution in [1.29, 1.82) is 0 Å². The minimum atomic E-state index is -1.34. The number of thiophene rings is 1. The molecule has 3 aliphatic rings. The van der Waals surface area contributed by atoms with Crippen LogP contribution in [0.3, 0.4) is 0 Å². The Hall–Kier alpha value is -4.49. The van der Waals surface area contributed by atoms with Gasteiger partial charge in [0, 0.05) is 11.9 Å². The van der Waals surface area contributed by atoms with Crippen molar-refractivity contribution < 1.29 is 19.1 Å². The maximum absolute atomic E-state index is 14.8. The molecule has 7 heteroatoms. The van der Waals surface area contributed by atoms with E-state index in [1.165, 1.54) is 11.3 Å². The summed E-state index contributed by atoms with van der Waals surface area (Å²) in [4.78, 5) is 46.4. The van der Waals surface area contributed by atoms with Gasteiger partial charge in [0.15, 0.2) is 11.6 Å². The number of nitrogens with zero attached hydrogens (tertiary/aromatic N) is 1. The van der Waals surface area contributed by atoms with Gasteiger partial charge in [0.25, 0.3) is 0 Å². The van der Waals surface area contributed by atoms with Crippen LogP contribution in [0.5, 0.6) is 5.75 Å². The van der Waals surface area contributed by atoms with Crippen LogP contribution in [0.25, 0.3) is 6.08 Å². The highest BCUT2D eigenvalue weighted by Crippen LogP contribution is 2.62. The molecular weight excluding hydrogens is 532 g/mol. The molecule has 7 rings (SSSR count). The molecule has 1 N–H and O–H groups in total. The molecule has 204 valence electrons.